The first-order chi connectivity index (χ1) is 27.1. The smallest absolute Gasteiger partial charge is 0.117 e. The van der Waals surface area contributed by atoms with Gasteiger partial charge in [-0.3, -0.25) is 0 Å². The van der Waals surface area contributed by atoms with Gasteiger partial charge in [0.1, 0.15) is 30.5 Å². The van der Waals surface area contributed by atoms with E-state index in [-0.39, 0.29) is 0 Å². The molecular weight excluding hydrogens is 724 g/mol. The third-order valence-corrected chi connectivity index (χ3v) is 10.9. The van der Waals surface area contributed by atoms with Crippen LogP contribution in [-0.4, -0.2) is 37.3 Å². The molecule has 5 atom stereocenters. The second-order valence-corrected chi connectivity index (χ2v) is 15.0. The van der Waals surface area contributed by atoms with Crippen LogP contribution in [0.4, 0.5) is 0 Å². The summed E-state index contributed by atoms with van der Waals surface area (Å²) in [5.74, 6) is 0. The molecule has 5 nitrogen and oxygen atoms in total. The average molecular weight is 771 g/mol. The van der Waals surface area contributed by atoms with Crippen molar-refractivity contribution in [3.05, 3.63) is 208 Å². The van der Waals surface area contributed by atoms with Gasteiger partial charge in [0, 0.05) is 9.92 Å². The SMILES string of the molecule is CSc1ccc(Cc2cc([C@@H]3O[C@H](COCc4ccccc4)[C@@H](OCc4ccccc4)[C@H](OCc4ccccc4)[C@H]3OCc3ccccc3)ccc2Cl)cc1. The van der Waals surface area contributed by atoms with Crippen LogP contribution in [0.25, 0.3) is 0 Å². The molecule has 0 saturated carbocycles. The molecule has 1 fully saturated rings. The Morgan fingerprint density at radius 2 is 1.02 bits per heavy atom. The molecule has 0 N–H and O–H groups in total. The van der Waals surface area contributed by atoms with Crippen molar-refractivity contribution in [3.63, 3.8) is 0 Å². The summed E-state index contributed by atoms with van der Waals surface area (Å²) in [5.41, 5.74) is 7.43. The van der Waals surface area contributed by atoms with E-state index in [1.54, 1.807) is 11.8 Å². The van der Waals surface area contributed by atoms with E-state index in [0.29, 0.717) is 44.5 Å². The van der Waals surface area contributed by atoms with Gasteiger partial charge < -0.3 is 23.7 Å². The molecule has 0 spiro atoms. The van der Waals surface area contributed by atoms with Crippen molar-refractivity contribution >= 4 is 23.4 Å². The highest BCUT2D eigenvalue weighted by atomic mass is 35.5. The van der Waals surface area contributed by atoms with Crippen LogP contribution >= 0.6 is 23.4 Å². The molecule has 7 heteroatoms. The lowest BCUT2D eigenvalue weighted by molar-refractivity contribution is -0.275. The topological polar surface area (TPSA) is 46.2 Å². The first-order valence-corrected chi connectivity index (χ1v) is 20.4. The molecule has 0 radical (unpaired) electrons. The van der Waals surface area contributed by atoms with Crippen LogP contribution in [0.5, 0.6) is 0 Å². The first-order valence-electron chi connectivity index (χ1n) is 18.8. The molecule has 7 rings (SSSR count). The molecular formula is C48H47ClO5S. The van der Waals surface area contributed by atoms with Crippen molar-refractivity contribution in [1.29, 1.82) is 0 Å². The predicted molar refractivity (Wildman–Crippen MR) is 221 cm³/mol. The Bertz CT molecular complexity index is 2020. The molecule has 0 aliphatic carbocycles. The molecule has 6 aromatic carbocycles. The highest BCUT2D eigenvalue weighted by molar-refractivity contribution is 7.98. The number of rotatable bonds is 17. The van der Waals surface area contributed by atoms with Crippen molar-refractivity contribution in [2.75, 3.05) is 12.9 Å². The Labute approximate surface area is 334 Å². The molecule has 1 aliphatic heterocycles. The molecule has 0 bridgehead atoms. The lowest BCUT2D eigenvalue weighted by Crippen LogP contribution is -2.58. The minimum Gasteiger partial charge on any atom is -0.374 e. The van der Waals surface area contributed by atoms with Crippen molar-refractivity contribution in [2.45, 2.75) is 68.3 Å². The summed E-state index contributed by atoms with van der Waals surface area (Å²) in [6.45, 7) is 1.87. The second-order valence-electron chi connectivity index (χ2n) is 13.8. The maximum Gasteiger partial charge on any atom is 0.117 e. The first kappa shape index (κ1) is 39.0. The predicted octanol–water partition coefficient (Wildman–Crippen LogP) is 11.1. The Balaban J connectivity index is 1.25. The molecule has 1 saturated heterocycles. The lowest BCUT2D eigenvalue weighted by atomic mass is 9.89. The van der Waals surface area contributed by atoms with Crippen LogP contribution in [0, 0.1) is 0 Å². The van der Waals surface area contributed by atoms with Gasteiger partial charge in [-0.15, -0.1) is 11.8 Å². The number of benzene rings is 6. The van der Waals surface area contributed by atoms with Gasteiger partial charge in [0.15, 0.2) is 0 Å². The zero-order chi connectivity index (χ0) is 37.7. The van der Waals surface area contributed by atoms with Crippen molar-refractivity contribution in [1.82, 2.24) is 0 Å². The van der Waals surface area contributed by atoms with Gasteiger partial charge in [-0.25, -0.2) is 0 Å². The molecule has 55 heavy (non-hydrogen) atoms. The van der Waals surface area contributed by atoms with E-state index in [2.05, 4.69) is 85.1 Å². The number of hydrogen-bond donors (Lipinski definition) is 0. The Morgan fingerprint density at radius 3 is 1.55 bits per heavy atom. The fourth-order valence-electron chi connectivity index (χ4n) is 6.93. The molecule has 282 valence electrons. The second kappa shape index (κ2) is 20.1. The lowest BCUT2D eigenvalue weighted by Gasteiger charge is -2.46. The van der Waals surface area contributed by atoms with E-state index in [1.165, 1.54) is 10.5 Å². The van der Waals surface area contributed by atoms with Gasteiger partial charge in [0.2, 0.25) is 0 Å². The van der Waals surface area contributed by atoms with Crippen LogP contribution in [0.3, 0.4) is 0 Å². The molecule has 0 unspecified atom stereocenters. The average Bonchev–Trinajstić information content (AvgIpc) is 3.24. The van der Waals surface area contributed by atoms with Gasteiger partial charge in [-0.1, -0.05) is 157 Å². The molecule has 6 aromatic rings. The minimum absolute atomic E-state index is 0.295. The number of thioether (sulfide) groups is 1. The Kier molecular flexibility index (Phi) is 14.2. The van der Waals surface area contributed by atoms with Gasteiger partial charge in [-0.2, -0.15) is 0 Å². The van der Waals surface area contributed by atoms with Gasteiger partial charge in [-0.05, 0) is 69.8 Å². The molecule has 0 amide bonds. The van der Waals surface area contributed by atoms with Gasteiger partial charge >= 0.3 is 0 Å². The Hall–Kier alpha value is -4.24. The van der Waals surface area contributed by atoms with E-state index in [0.717, 1.165) is 33.4 Å². The number of halogens is 1. The fourth-order valence-corrected chi connectivity index (χ4v) is 7.52. The van der Waals surface area contributed by atoms with E-state index >= 15 is 0 Å². The zero-order valence-corrected chi connectivity index (χ0v) is 32.6. The van der Waals surface area contributed by atoms with Crippen LogP contribution in [0.1, 0.15) is 45.0 Å². The summed E-state index contributed by atoms with van der Waals surface area (Å²) in [6, 6.07) is 55.7. The van der Waals surface area contributed by atoms with Crippen molar-refractivity contribution in [3.8, 4) is 0 Å². The third kappa shape index (κ3) is 11.0. The highest BCUT2D eigenvalue weighted by Gasteiger charge is 2.49. The van der Waals surface area contributed by atoms with Gasteiger partial charge in [0.25, 0.3) is 0 Å². The van der Waals surface area contributed by atoms with Crippen LogP contribution in [0.15, 0.2) is 169 Å². The standard InChI is InChI=1S/C48H47ClO5S/c1-55-42-25-22-35(23-26-42)28-41-29-40(24-27-43(41)49)45-47(52-32-38-18-10-4-11-19-38)48(53-33-39-20-12-5-13-21-39)46(51-31-37-16-8-3-9-17-37)44(54-45)34-50-30-36-14-6-2-7-15-36/h2-27,29,44-48H,28,30-34H2,1H3/t44-,45+,46-,47+,48+/m1/s1. The quantitative estimate of drug-likeness (QED) is 0.0861. The monoisotopic (exact) mass is 770 g/mol. The van der Waals surface area contributed by atoms with Crippen LogP contribution in [0.2, 0.25) is 5.02 Å². The zero-order valence-electron chi connectivity index (χ0n) is 31.0. The summed E-state index contributed by atoms with van der Waals surface area (Å²) >= 11 is 8.64. The number of hydrogen-bond acceptors (Lipinski definition) is 6. The van der Waals surface area contributed by atoms with Crippen molar-refractivity contribution in [2.24, 2.45) is 0 Å². The van der Waals surface area contributed by atoms with Crippen LogP contribution in [-0.2, 0) is 56.5 Å². The normalized spacial score (nSPS) is 19.6. The summed E-state index contributed by atoms with van der Waals surface area (Å²) < 4.78 is 34.4. The summed E-state index contributed by atoms with van der Waals surface area (Å²) in [7, 11) is 0. The summed E-state index contributed by atoms with van der Waals surface area (Å²) in [5, 5.41) is 0.707. The minimum atomic E-state index is -0.537. The van der Waals surface area contributed by atoms with E-state index in [4.69, 9.17) is 35.3 Å². The molecule has 1 heterocycles. The van der Waals surface area contributed by atoms with E-state index < -0.39 is 30.5 Å². The molecule has 0 aromatic heterocycles. The van der Waals surface area contributed by atoms with Crippen molar-refractivity contribution < 1.29 is 23.7 Å². The van der Waals surface area contributed by atoms with Gasteiger partial charge in [0.05, 0.1) is 33.0 Å². The largest absolute Gasteiger partial charge is 0.374 e. The summed E-state index contributed by atoms with van der Waals surface area (Å²) in [6.07, 6.45) is 0.209. The third-order valence-electron chi connectivity index (χ3n) is 9.84. The van der Waals surface area contributed by atoms with Crippen LogP contribution < -0.4 is 0 Å². The Morgan fingerprint density at radius 1 is 0.527 bits per heavy atom. The fraction of sp³-hybridized carbons (Fsp3) is 0.250. The maximum absolute atomic E-state index is 7.17. The maximum atomic E-state index is 7.17. The van der Waals surface area contributed by atoms with E-state index in [1.807, 2.05) is 84.9 Å². The number of ether oxygens (including phenoxy) is 5. The highest BCUT2D eigenvalue weighted by Crippen LogP contribution is 2.40. The summed E-state index contributed by atoms with van der Waals surface area (Å²) in [4.78, 5) is 1.23. The van der Waals surface area contributed by atoms with E-state index in [9.17, 15) is 0 Å². The molecule has 1 aliphatic rings.